The van der Waals surface area contributed by atoms with Crippen molar-refractivity contribution in [1.29, 1.82) is 0 Å². The number of Topliss-reactive ketones (excluding diaryl/α,β-unsaturated/α-hetero) is 1. The molecule has 0 aliphatic rings. The van der Waals surface area contributed by atoms with Crippen molar-refractivity contribution in [1.82, 2.24) is 0 Å². The number of halogens is 2. The Morgan fingerprint density at radius 2 is 1.67 bits per heavy atom. The summed E-state index contributed by atoms with van der Waals surface area (Å²) in [6.07, 6.45) is -0.651. The summed E-state index contributed by atoms with van der Waals surface area (Å²) >= 11 is 3.37. The summed E-state index contributed by atoms with van der Waals surface area (Å²) in [5, 5.41) is 10.4. The molecule has 1 atom stereocenters. The summed E-state index contributed by atoms with van der Waals surface area (Å²) in [6, 6.07) is 13.3. The molecule has 2 aromatic carbocycles. The molecular formula is C21H27Br2NO3. The summed E-state index contributed by atoms with van der Waals surface area (Å²) in [5.74, 6) is 0.883. The number of nitrogens with zero attached hydrogens (tertiary/aromatic N) is 1. The molecule has 6 heteroatoms. The van der Waals surface area contributed by atoms with Crippen LogP contribution >= 0.6 is 15.9 Å². The number of aliphatic hydroxyl groups is 1. The number of ether oxygens (including phenoxy) is 1. The highest BCUT2D eigenvalue weighted by Crippen LogP contribution is 2.22. The molecule has 0 aromatic heterocycles. The van der Waals surface area contributed by atoms with Gasteiger partial charge in [-0.2, -0.15) is 0 Å². The van der Waals surface area contributed by atoms with Gasteiger partial charge in [0.05, 0.1) is 14.1 Å². The topological polar surface area (TPSA) is 46.5 Å². The summed E-state index contributed by atoms with van der Waals surface area (Å²) in [7, 11) is 3.89. The summed E-state index contributed by atoms with van der Waals surface area (Å²) in [5.41, 5.74) is 2.79. The van der Waals surface area contributed by atoms with E-state index in [2.05, 4.69) is 15.9 Å². The molecule has 27 heavy (non-hydrogen) atoms. The third-order valence-corrected chi connectivity index (χ3v) is 4.80. The molecule has 4 nitrogen and oxygen atoms in total. The van der Waals surface area contributed by atoms with Crippen molar-refractivity contribution in [2.75, 3.05) is 33.8 Å². The van der Waals surface area contributed by atoms with E-state index in [-0.39, 0.29) is 29.4 Å². The lowest BCUT2D eigenvalue weighted by Gasteiger charge is -2.31. The van der Waals surface area contributed by atoms with Gasteiger partial charge in [-0.25, -0.2) is 0 Å². The first kappa shape index (κ1) is 23.8. The van der Waals surface area contributed by atoms with E-state index in [1.165, 1.54) is 0 Å². The summed E-state index contributed by atoms with van der Waals surface area (Å²) in [4.78, 5) is 12.5. The van der Waals surface area contributed by atoms with Gasteiger partial charge < -0.3 is 31.3 Å². The minimum atomic E-state index is -0.651. The zero-order valence-electron chi connectivity index (χ0n) is 16.2. The fraction of sp³-hybridized carbons (Fsp3) is 0.381. The van der Waals surface area contributed by atoms with E-state index >= 15 is 0 Å². The highest BCUT2D eigenvalue weighted by Gasteiger charge is 2.25. The standard InChI is InChI=1S/C21H27BrNO3.BrH/c1-15-6-5-7-16(2)21(15)26-14-19(24)12-23(3,4)13-20(25)17-8-10-18(22)11-9-17;/h5-11,19,24H,12-14H2,1-4H3;1H/q+1;/p-1. The zero-order chi connectivity index (χ0) is 19.3. The number of carbonyl (C=O) groups is 1. The number of para-hydroxylation sites is 1. The van der Waals surface area contributed by atoms with Crippen LogP contribution in [0.3, 0.4) is 0 Å². The zero-order valence-corrected chi connectivity index (χ0v) is 19.4. The molecule has 0 aliphatic carbocycles. The Labute approximate surface area is 180 Å². The highest BCUT2D eigenvalue weighted by molar-refractivity contribution is 9.10. The average molecular weight is 501 g/mol. The van der Waals surface area contributed by atoms with Crippen molar-refractivity contribution in [3.8, 4) is 5.75 Å². The van der Waals surface area contributed by atoms with Crippen LogP contribution < -0.4 is 21.7 Å². The fourth-order valence-electron chi connectivity index (χ4n) is 3.01. The Hall–Kier alpha value is -1.21. The van der Waals surface area contributed by atoms with Gasteiger partial charge in [-0.05, 0) is 37.1 Å². The largest absolute Gasteiger partial charge is 1.00 e. The van der Waals surface area contributed by atoms with Crippen LogP contribution in [0.5, 0.6) is 5.75 Å². The Balaban J connectivity index is 0.00000364. The normalized spacial score (nSPS) is 12.2. The van der Waals surface area contributed by atoms with Crippen LogP contribution in [0, 0.1) is 13.8 Å². The number of aryl methyl sites for hydroxylation is 2. The third kappa shape index (κ3) is 7.37. The average Bonchev–Trinajstić information content (AvgIpc) is 2.54. The number of benzene rings is 2. The second-order valence-electron chi connectivity index (χ2n) is 7.39. The predicted octanol–water partition coefficient (Wildman–Crippen LogP) is 0.769. The third-order valence-electron chi connectivity index (χ3n) is 4.27. The molecular weight excluding hydrogens is 474 g/mol. The summed E-state index contributed by atoms with van der Waals surface area (Å²) < 4.78 is 7.17. The van der Waals surface area contributed by atoms with E-state index in [1.807, 2.05) is 70.4 Å². The molecule has 0 fully saturated rings. The van der Waals surface area contributed by atoms with Crippen molar-refractivity contribution in [3.63, 3.8) is 0 Å². The van der Waals surface area contributed by atoms with Crippen LogP contribution in [0.1, 0.15) is 21.5 Å². The fourth-order valence-corrected chi connectivity index (χ4v) is 3.27. The number of hydrogen-bond acceptors (Lipinski definition) is 3. The number of quaternary nitrogens is 1. The van der Waals surface area contributed by atoms with Gasteiger partial charge in [0.2, 0.25) is 5.78 Å². The lowest BCUT2D eigenvalue weighted by Crippen LogP contribution is -3.00. The molecule has 0 amide bonds. The van der Waals surface area contributed by atoms with Gasteiger partial charge >= 0.3 is 0 Å². The molecule has 0 radical (unpaired) electrons. The molecule has 1 unspecified atom stereocenters. The van der Waals surface area contributed by atoms with Gasteiger partial charge in [0, 0.05) is 10.0 Å². The van der Waals surface area contributed by atoms with Gasteiger partial charge in [0.25, 0.3) is 0 Å². The maximum Gasteiger partial charge on any atom is 0.216 e. The number of ketones is 1. The maximum atomic E-state index is 12.5. The van der Waals surface area contributed by atoms with E-state index in [4.69, 9.17) is 4.74 Å². The van der Waals surface area contributed by atoms with Gasteiger partial charge in [-0.15, -0.1) is 0 Å². The second kappa shape index (κ2) is 10.4. The molecule has 1 N–H and O–H groups in total. The SMILES string of the molecule is Cc1cccc(C)c1OCC(O)C[N+](C)(C)CC(=O)c1ccc(Br)cc1.[Br-]. The quantitative estimate of drug-likeness (QED) is 0.430. The highest BCUT2D eigenvalue weighted by atomic mass is 79.9. The van der Waals surface area contributed by atoms with Crippen molar-refractivity contribution < 1.29 is 36.1 Å². The molecule has 148 valence electrons. The number of rotatable bonds is 8. The molecule has 0 saturated heterocycles. The van der Waals surface area contributed by atoms with Crippen LogP contribution in [-0.2, 0) is 0 Å². The Bertz CT molecular complexity index is 740. The van der Waals surface area contributed by atoms with Gasteiger partial charge in [-0.3, -0.25) is 4.79 Å². The van der Waals surface area contributed by atoms with E-state index in [0.29, 0.717) is 23.1 Å². The van der Waals surface area contributed by atoms with E-state index in [1.54, 1.807) is 0 Å². The number of carbonyl (C=O) groups excluding carboxylic acids is 1. The first-order valence-corrected chi connectivity index (χ1v) is 9.45. The predicted molar refractivity (Wildman–Crippen MR) is 108 cm³/mol. The molecule has 0 aliphatic heterocycles. The lowest BCUT2D eigenvalue weighted by molar-refractivity contribution is -0.885. The lowest BCUT2D eigenvalue weighted by atomic mass is 10.1. The number of aliphatic hydroxyl groups excluding tert-OH is 1. The summed E-state index contributed by atoms with van der Waals surface area (Å²) in [6.45, 7) is 4.95. The van der Waals surface area contributed by atoms with Crippen LogP contribution in [0.4, 0.5) is 0 Å². The Kier molecular flexibility index (Phi) is 9.15. The second-order valence-corrected chi connectivity index (χ2v) is 8.31. The molecule has 2 aromatic rings. The van der Waals surface area contributed by atoms with Gasteiger partial charge in [0.1, 0.15) is 31.5 Å². The number of likely N-dealkylation sites (N-methyl/N-ethyl adjacent to an activating group) is 1. The molecule has 0 saturated carbocycles. The first-order valence-electron chi connectivity index (χ1n) is 8.66. The van der Waals surface area contributed by atoms with Crippen LogP contribution in [-0.4, -0.2) is 55.3 Å². The van der Waals surface area contributed by atoms with Crippen molar-refractivity contribution in [2.45, 2.75) is 20.0 Å². The molecule has 2 rings (SSSR count). The minimum Gasteiger partial charge on any atom is -1.00 e. The number of hydrogen-bond donors (Lipinski definition) is 1. The van der Waals surface area contributed by atoms with E-state index in [0.717, 1.165) is 21.3 Å². The van der Waals surface area contributed by atoms with Crippen molar-refractivity contribution in [3.05, 3.63) is 63.6 Å². The van der Waals surface area contributed by atoms with Crippen LogP contribution in [0.25, 0.3) is 0 Å². The monoisotopic (exact) mass is 499 g/mol. The van der Waals surface area contributed by atoms with Gasteiger partial charge in [-0.1, -0.05) is 46.3 Å². The van der Waals surface area contributed by atoms with E-state index < -0.39 is 6.10 Å². The molecule has 0 heterocycles. The van der Waals surface area contributed by atoms with Crippen molar-refractivity contribution in [2.24, 2.45) is 0 Å². The minimum absolute atomic E-state index is 0. The maximum absolute atomic E-state index is 12.5. The van der Waals surface area contributed by atoms with E-state index in [9.17, 15) is 9.90 Å². The Morgan fingerprint density at radius 1 is 1.11 bits per heavy atom. The van der Waals surface area contributed by atoms with Crippen molar-refractivity contribution >= 4 is 21.7 Å². The van der Waals surface area contributed by atoms with Gasteiger partial charge in [0.15, 0.2) is 0 Å². The molecule has 0 bridgehead atoms. The smallest absolute Gasteiger partial charge is 0.216 e. The first-order chi connectivity index (χ1) is 12.2. The molecule has 0 spiro atoms. The van der Waals surface area contributed by atoms with Crippen LogP contribution in [0.2, 0.25) is 0 Å². The van der Waals surface area contributed by atoms with Crippen LogP contribution in [0.15, 0.2) is 46.9 Å². The Morgan fingerprint density at radius 3 is 2.22 bits per heavy atom.